The molecule has 3 heterocycles. The Bertz CT molecular complexity index is 364. The Morgan fingerprint density at radius 2 is 2.05 bits per heavy atom. The average molecular weight is 306 g/mol. The van der Waals surface area contributed by atoms with Crippen LogP contribution in [-0.4, -0.2) is 54.0 Å². The highest BCUT2D eigenvalue weighted by molar-refractivity contribution is 8.14. The van der Waals surface area contributed by atoms with E-state index in [4.69, 9.17) is 0 Å². The fraction of sp³-hybridized carbons (Fsp3) is 0.833. The summed E-state index contributed by atoms with van der Waals surface area (Å²) in [6.45, 7) is 3.91. The number of hydrogen-bond donors (Lipinski definition) is 2. The van der Waals surface area contributed by atoms with E-state index in [1.165, 1.54) is 18.2 Å². The van der Waals surface area contributed by atoms with Gasteiger partial charge < -0.3 is 15.5 Å². The standard InChI is InChI=1S/C12H19N3O2S.ClH/c16-10(9-7-18-11(17)14-9)15-5-2-12(3-6-15)1-4-13-8-12;/h9,13H,1-8H2,(H,14,17);1H/t9-;/m0./s1. The normalized spacial score (nSPS) is 29.2. The van der Waals surface area contributed by atoms with Gasteiger partial charge in [-0.2, -0.15) is 0 Å². The fourth-order valence-electron chi connectivity index (χ4n) is 3.16. The van der Waals surface area contributed by atoms with E-state index >= 15 is 0 Å². The molecule has 108 valence electrons. The molecule has 19 heavy (non-hydrogen) atoms. The summed E-state index contributed by atoms with van der Waals surface area (Å²) in [6, 6.07) is -0.293. The molecule has 0 aromatic heterocycles. The van der Waals surface area contributed by atoms with E-state index in [-0.39, 0.29) is 29.6 Å². The summed E-state index contributed by atoms with van der Waals surface area (Å²) < 4.78 is 0. The monoisotopic (exact) mass is 305 g/mol. The van der Waals surface area contributed by atoms with Crippen LogP contribution in [0.2, 0.25) is 0 Å². The smallest absolute Gasteiger partial charge is 0.279 e. The van der Waals surface area contributed by atoms with Gasteiger partial charge in [-0.25, -0.2) is 0 Å². The van der Waals surface area contributed by atoms with E-state index in [9.17, 15) is 9.59 Å². The molecule has 0 bridgehead atoms. The topological polar surface area (TPSA) is 61.4 Å². The maximum absolute atomic E-state index is 12.2. The van der Waals surface area contributed by atoms with E-state index < -0.39 is 0 Å². The lowest BCUT2D eigenvalue weighted by Crippen LogP contribution is -2.50. The minimum Gasteiger partial charge on any atom is -0.341 e. The zero-order valence-corrected chi connectivity index (χ0v) is 12.4. The molecule has 0 aromatic carbocycles. The highest BCUT2D eigenvalue weighted by Crippen LogP contribution is 2.37. The second-order valence-corrected chi connectivity index (χ2v) is 6.54. The lowest BCUT2D eigenvalue weighted by molar-refractivity contribution is -0.134. The van der Waals surface area contributed by atoms with Crippen LogP contribution in [0.5, 0.6) is 0 Å². The second-order valence-electron chi connectivity index (χ2n) is 5.55. The van der Waals surface area contributed by atoms with Crippen LogP contribution < -0.4 is 10.6 Å². The molecule has 1 atom stereocenters. The van der Waals surface area contributed by atoms with E-state index in [1.54, 1.807) is 0 Å². The summed E-state index contributed by atoms with van der Waals surface area (Å²) >= 11 is 1.21. The van der Waals surface area contributed by atoms with Gasteiger partial charge >= 0.3 is 0 Å². The third kappa shape index (κ3) is 3.01. The first kappa shape index (κ1) is 14.9. The van der Waals surface area contributed by atoms with Crippen LogP contribution in [0.4, 0.5) is 4.79 Å². The van der Waals surface area contributed by atoms with Crippen LogP contribution in [0.3, 0.4) is 0 Å². The lowest BCUT2D eigenvalue weighted by atomic mass is 9.78. The van der Waals surface area contributed by atoms with E-state index in [0.717, 1.165) is 39.0 Å². The number of nitrogens with one attached hydrogen (secondary N) is 2. The van der Waals surface area contributed by atoms with Gasteiger partial charge in [0, 0.05) is 25.4 Å². The van der Waals surface area contributed by atoms with Gasteiger partial charge in [-0.1, -0.05) is 11.8 Å². The molecule has 3 fully saturated rings. The highest BCUT2D eigenvalue weighted by atomic mass is 35.5. The van der Waals surface area contributed by atoms with Gasteiger partial charge in [0.1, 0.15) is 6.04 Å². The largest absolute Gasteiger partial charge is 0.341 e. The van der Waals surface area contributed by atoms with Gasteiger partial charge in [0.05, 0.1) is 0 Å². The van der Waals surface area contributed by atoms with Gasteiger partial charge in [-0.05, 0) is 31.2 Å². The van der Waals surface area contributed by atoms with Gasteiger partial charge in [-0.15, -0.1) is 12.4 Å². The zero-order valence-electron chi connectivity index (χ0n) is 10.8. The first-order chi connectivity index (χ1) is 8.69. The van der Waals surface area contributed by atoms with Crippen molar-refractivity contribution in [3.63, 3.8) is 0 Å². The van der Waals surface area contributed by atoms with Gasteiger partial charge in [0.2, 0.25) is 5.91 Å². The van der Waals surface area contributed by atoms with E-state index in [1.807, 2.05) is 4.90 Å². The fourth-order valence-corrected chi connectivity index (χ4v) is 3.93. The Labute approximate surface area is 123 Å². The second kappa shape index (κ2) is 5.89. The third-order valence-corrected chi connectivity index (χ3v) is 5.32. The number of carbonyl (C=O) groups excluding carboxylic acids is 2. The Kier molecular flexibility index (Phi) is 4.63. The number of piperidine rings is 1. The summed E-state index contributed by atoms with van der Waals surface area (Å²) in [7, 11) is 0. The van der Waals surface area contributed by atoms with Crippen molar-refractivity contribution in [1.29, 1.82) is 0 Å². The molecule has 7 heteroatoms. The zero-order chi connectivity index (χ0) is 12.6. The summed E-state index contributed by atoms with van der Waals surface area (Å²) in [4.78, 5) is 25.3. The molecule has 1 spiro atoms. The molecule has 0 unspecified atom stereocenters. The first-order valence-electron chi connectivity index (χ1n) is 6.61. The molecular formula is C12H20ClN3O2S. The van der Waals surface area contributed by atoms with Crippen molar-refractivity contribution in [2.75, 3.05) is 31.9 Å². The molecule has 0 aliphatic carbocycles. The van der Waals surface area contributed by atoms with Crippen molar-refractivity contribution in [2.24, 2.45) is 5.41 Å². The molecule has 3 aliphatic heterocycles. The number of amides is 2. The maximum Gasteiger partial charge on any atom is 0.279 e. The highest BCUT2D eigenvalue weighted by Gasteiger charge is 2.40. The first-order valence-corrected chi connectivity index (χ1v) is 7.60. The van der Waals surface area contributed by atoms with E-state index in [0.29, 0.717) is 11.2 Å². The van der Waals surface area contributed by atoms with Crippen molar-refractivity contribution in [2.45, 2.75) is 25.3 Å². The van der Waals surface area contributed by atoms with Crippen molar-refractivity contribution in [3.8, 4) is 0 Å². The summed E-state index contributed by atoms with van der Waals surface area (Å²) in [6.07, 6.45) is 3.43. The summed E-state index contributed by atoms with van der Waals surface area (Å²) in [5.74, 6) is 0.690. The van der Waals surface area contributed by atoms with Gasteiger partial charge in [0.25, 0.3) is 5.24 Å². The van der Waals surface area contributed by atoms with Crippen molar-refractivity contribution >= 4 is 35.3 Å². The van der Waals surface area contributed by atoms with E-state index in [2.05, 4.69) is 10.6 Å². The van der Waals surface area contributed by atoms with Crippen LogP contribution in [0, 0.1) is 5.41 Å². The predicted molar refractivity (Wildman–Crippen MR) is 77.8 cm³/mol. The quantitative estimate of drug-likeness (QED) is 0.753. The molecule has 0 radical (unpaired) electrons. The molecule has 2 amide bonds. The van der Waals surface area contributed by atoms with Crippen molar-refractivity contribution in [3.05, 3.63) is 0 Å². The number of thioether (sulfide) groups is 1. The SMILES string of the molecule is Cl.O=C1N[C@H](C(=O)N2CCC3(CCNC3)CC2)CS1. The molecule has 5 nitrogen and oxygen atoms in total. The number of halogens is 1. The molecule has 3 saturated heterocycles. The Morgan fingerprint density at radius 3 is 2.58 bits per heavy atom. The van der Waals surface area contributed by atoms with Gasteiger partial charge in [0.15, 0.2) is 0 Å². The number of nitrogens with zero attached hydrogens (tertiary/aromatic N) is 1. The number of hydrogen-bond acceptors (Lipinski definition) is 4. The van der Waals surface area contributed by atoms with Crippen LogP contribution in [0.15, 0.2) is 0 Å². The Hall–Kier alpha value is -0.460. The summed E-state index contributed by atoms with van der Waals surface area (Å²) in [5.41, 5.74) is 0.435. The summed E-state index contributed by atoms with van der Waals surface area (Å²) in [5, 5.41) is 6.09. The molecule has 0 saturated carbocycles. The van der Waals surface area contributed by atoms with Crippen LogP contribution in [0.25, 0.3) is 0 Å². The van der Waals surface area contributed by atoms with Crippen molar-refractivity contribution < 1.29 is 9.59 Å². The van der Waals surface area contributed by atoms with Gasteiger partial charge in [-0.3, -0.25) is 9.59 Å². The third-order valence-electron chi connectivity index (χ3n) is 4.44. The number of likely N-dealkylation sites (tertiary alicyclic amines) is 1. The minimum atomic E-state index is -0.293. The van der Waals surface area contributed by atoms with Crippen LogP contribution in [0.1, 0.15) is 19.3 Å². The Balaban J connectivity index is 0.00000133. The lowest BCUT2D eigenvalue weighted by Gasteiger charge is -2.39. The van der Waals surface area contributed by atoms with Crippen molar-refractivity contribution in [1.82, 2.24) is 15.5 Å². The number of rotatable bonds is 1. The maximum atomic E-state index is 12.2. The molecule has 3 aliphatic rings. The predicted octanol–water partition coefficient (Wildman–Crippen LogP) is 0.835. The minimum absolute atomic E-state index is 0. The van der Waals surface area contributed by atoms with Crippen LogP contribution >= 0.6 is 24.2 Å². The molecular weight excluding hydrogens is 286 g/mol. The Morgan fingerprint density at radius 1 is 1.32 bits per heavy atom. The average Bonchev–Trinajstić information content (AvgIpc) is 3.00. The van der Waals surface area contributed by atoms with Crippen LogP contribution in [-0.2, 0) is 4.79 Å². The molecule has 0 aromatic rings. The molecule has 3 rings (SSSR count). The number of carbonyl (C=O) groups is 2. The molecule has 2 N–H and O–H groups in total.